The number of benzene rings is 9. The lowest BCUT2D eigenvalue weighted by atomic mass is 9.93. The summed E-state index contributed by atoms with van der Waals surface area (Å²) in [6, 6.07) is 85.7. The average molecular weight is 1580 g/mol. The lowest BCUT2D eigenvalue weighted by Crippen LogP contribution is -2.27. The predicted octanol–water partition coefficient (Wildman–Crippen LogP) is 24.5. The van der Waals surface area contributed by atoms with E-state index in [4.69, 9.17) is 55.8 Å². The molecule has 0 N–H and O–H groups in total. The van der Waals surface area contributed by atoms with Crippen LogP contribution in [-0.4, -0.2) is 44.5 Å². The molecule has 0 bridgehead atoms. The van der Waals surface area contributed by atoms with Crippen molar-refractivity contribution in [1.29, 1.82) is 21.0 Å². The summed E-state index contributed by atoms with van der Waals surface area (Å²) in [6.45, 7) is 39.2. The maximum atomic E-state index is 9.41. The maximum Gasteiger partial charge on any atom is 0.265 e. The van der Waals surface area contributed by atoms with E-state index in [1.54, 1.807) is 12.2 Å². The van der Waals surface area contributed by atoms with Crippen molar-refractivity contribution in [2.24, 2.45) is 0 Å². The molecule has 0 aliphatic carbocycles. The van der Waals surface area contributed by atoms with Gasteiger partial charge >= 0.3 is 0 Å². The highest BCUT2D eigenvalue weighted by molar-refractivity contribution is 5.77. The Labute approximate surface area is 709 Å². The molecule has 17 rings (SSSR count). The molecule has 16 heteroatoms. The van der Waals surface area contributed by atoms with E-state index in [-0.39, 0.29) is 35.0 Å². The van der Waals surface area contributed by atoms with E-state index in [1.807, 2.05) is 160 Å². The summed E-state index contributed by atoms with van der Waals surface area (Å²) in [4.78, 5) is 22.8. The fourth-order valence-electron chi connectivity index (χ4n) is 16.0. The summed E-state index contributed by atoms with van der Waals surface area (Å²) in [5, 5.41) is 36.8. The van der Waals surface area contributed by atoms with Crippen molar-refractivity contribution >= 4 is 69.8 Å². The van der Waals surface area contributed by atoms with Crippen LogP contribution in [0.2, 0.25) is 0 Å². The maximum absolute atomic E-state index is 9.41. The molecule has 2 atom stereocenters. The van der Waals surface area contributed by atoms with E-state index in [0.29, 0.717) is 60.9 Å². The summed E-state index contributed by atoms with van der Waals surface area (Å²) < 4.78 is 23.8. The molecule has 0 fully saturated rings. The van der Waals surface area contributed by atoms with E-state index >= 15 is 0 Å². The Kier molecular flexibility index (Phi) is 26.2. The predicted molar refractivity (Wildman–Crippen MR) is 480 cm³/mol. The third-order valence-corrected chi connectivity index (χ3v) is 21.7. The van der Waals surface area contributed by atoms with Crippen LogP contribution in [0.3, 0.4) is 0 Å². The van der Waals surface area contributed by atoms with Crippen molar-refractivity contribution in [2.75, 3.05) is 52.4 Å². The monoisotopic (exact) mass is 1580 g/mol. The number of allylic oxidation sites excluding steroid dienone is 12. The van der Waals surface area contributed by atoms with Crippen LogP contribution in [0.1, 0.15) is 103 Å². The Morgan fingerprint density at radius 1 is 0.372 bits per heavy atom. The van der Waals surface area contributed by atoms with E-state index in [9.17, 15) is 10.5 Å². The minimum atomic E-state index is -0.454. The molecule has 0 saturated heterocycles. The van der Waals surface area contributed by atoms with Gasteiger partial charge in [0.05, 0.1) is 63.3 Å². The minimum Gasteiger partial charge on any atom is -0.493 e. The fraction of sp³-hybridized carbons (Fsp3) is 0.181. The van der Waals surface area contributed by atoms with Gasteiger partial charge in [-0.15, -0.1) is 0 Å². The zero-order chi connectivity index (χ0) is 84.0. The summed E-state index contributed by atoms with van der Waals surface area (Å²) in [5.41, 5.74) is 23.7. The van der Waals surface area contributed by atoms with Crippen LogP contribution in [0.5, 0.6) is 0 Å². The van der Waals surface area contributed by atoms with Crippen molar-refractivity contribution in [2.45, 2.75) is 89.9 Å². The Morgan fingerprint density at radius 3 is 1.07 bits per heavy atom. The third kappa shape index (κ3) is 20.2. The first-order chi connectivity index (χ1) is 59.2. The minimum absolute atomic E-state index is 0.0563. The van der Waals surface area contributed by atoms with E-state index < -0.39 is 5.60 Å². The molecule has 9 aromatic rings. The normalized spacial score (nSPS) is 18.6. The summed E-state index contributed by atoms with van der Waals surface area (Å²) >= 11 is 0. The molecule has 8 aliphatic rings. The number of para-hydroxylation sites is 4. The largest absolute Gasteiger partial charge is 0.493 e. The topological polar surface area (TPSA) is 162 Å². The van der Waals surface area contributed by atoms with Crippen LogP contribution in [0, 0.1) is 71.6 Å². The fourth-order valence-corrected chi connectivity index (χ4v) is 16.0. The van der Waals surface area contributed by atoms with Gasteiger partial charge in [-0.3, -0.25) is 0 Å². The zero-order valence-electron chi connectivity index (χ0n) is 67.6. The second-order valence-corrected chi connectivity index (χ2v) is 30.4. The molecule has 121 heavy (non-hydrogen) atoms. The van der Waals surface area contributed by atoms with Crippen molar-refractivity contribution in [3.63, 3.8) is 0 Å². The molecule has 8 heterocycles. The number of fused-ring (bicyclic) bond motifs is 4. The van der Waals surface area contributed by atoms with Gasteiger partial charge in [0.15, 0.2) is 0 Å². The van der Waals surface area contributed by atoms with E-state index in [0.717, 1.165) is 96.4 Å². The number of hydrogen-bond donors (Lipinski definition) is 0. The molecule has 0 saturated carbocycles. The molecule has 9 aromatic carbocycles. The lowest BCUT2D eigenvalue weighted by Gasteiger charge is -2.32. The summed E-state index contributed by atoms with van der Waals surface area (Å²) in [5.74, 6) is 2.69. The summed E-state index contributed by atoms with van der Waals surface area (Å²) in [6.07, 6.45) is 29.0. The highest BCUT2D eigenvalue weighted by Crippen LogP contribution is 2.42. The Bertz CT molecular complexity index is 6120. The quantitative estimate of drug-likeness (QED) is 0.0794. The summed E-state index contributed by atoms with van der Waals surface area (Å²) in [7, 11) is 0. The number of hydrogen-bond acceptors (Lipinski definition) is 12. The van der Waals surface area contributed by atoms with Gasteiger partial charge in [0.1, 0.15) is 34.7 Å². The Hall–Kier alpha value is -15.8. The number of rotatable bonds is 13. The van der Waals surface area contributed by atoms with Crippen molar-refractivity contribution in [3.05, 3.63) is 437 Å². The molecular formula is C105H86N12O4. The lowest BCUT2D eigenvalue weighted by molar-refractivity contribution is 0.0356. The Morgan fingerprint density at radius 2 is 0.694 bits per heavy atom. The zero-order valence-corrected chi connectivity index (χ0v) is 67.6. The highest BCUT2D eigenvalue weighted by atomic mass is 16.5. The standard InChI is InChI=1S/C30H23N3O.C26H23N3O.C25H21N3O.C24H19N3O/c1-32-28(21-31)25-19-27(34-30(20-25)23-8-4-2-5-9-23)14-12-22-13-15-29-24(18-22)16-17-33(29)26-10-6-3-7-11-26;1-26(2)17-21(24(18-27)28-3)16-23(30-26)11-9-19-10-12-25-20(15-19)13-14-29(25)22-7-5-4-6-8-22;1-18-14-21(24(17-26)27-2)16-23(29-18)10-8-19-9-11-25-20(15-19)12-13-28(25)22-6-4-3-5-7-22;1-26-23(17-25)19-12-14-28-22(16-19)9-7-18-8-10-24-20(15-18)11-13-27(24)21-5-3-2-4-6-21/h2-15,18-19,30H,16-17,20H2;4-12,15-16H,13-14,17H2,1-2H3;3-11,15-16,18H,12-14H2,1H3;2-10,15-16H,11-14H2/b14-12+,28-25+;11-9+,24-21+;10-8+,24-21-;9-7+,23-19-. The SMILES string of the molecule is [C-]#[N+]/C(C#N)=C1C=C(/C=C/c2ccc3c(c2)CCN3c2ccccc2)OC(C)(C)C\1.[C-]#[N+]/C(C#N)=C1C=C(/C=C/c2ccc3c(c2)CCN3c2ccccc2)OC(C)C\1.[C-]#[N+]/C(C#N)=C1C=C(/C=C/c2ccc3c(c2)CCN3c2ccccc2)OC(c2ccccc2)C\1.[C-]#[N+]/C(C#N)=C1C=C(/C=C/c2ccc3c(c2)CCN3c2ccccc2)OCC\1. The van der Waals surface area contributed by atoms with Crippen LogP contribution in [-0.2, 0) is 44.6 Å². The first-order valence-corrected chi connectivity index (χ1v) is 40.3. The van der Waals surface area contributed by atoms with Gasteiger partial charge in [0.25, 0.3) is 22.8 Å². The van der Waals surface area contributed by atoms with Crippen LogP contribution < -0.4 is 19.6 Å². The van der Waals surface area contributed by atoms with Gasteiger partial charge in [-0.1, -0.05) is 152 Å². The number of nitriles is 4. The Balaban J connectivity index is 0.000000132. The van der Waals surface area contributed by atoms with Crippen LogP contribution in [0.4, 0.5) is 45.5 Å². The average Bonchev–Trinajstić information content (AvgIpc) is 1.60. The molecule has 0 amide bonds. The van der Waals surface area contributed by atoms with Crippen molar-refractivity contribution < 1.29 is 18.9 Å². The van der Waals surface area contributed by atoms with Gasteiger partial charge in [0.2, 0.25) is 0 Å². The van der Waals surface area contributed by atoms with Gasteiger partial charge in [-0.05, 0) is 271 Å². The van der Waals surface area contributed by atoms with Crippen molar-refractivity contribution in [3.8, 4) is 24.3 Å². The van der Waals surface area contributed by atoms with E-state index in [1.165, 1.54) is 67.8 Å². The number of anilines is 8. The second-order valence-electron chi connectivity index (χ2n) is 30.4. The van der Waals surface area contributed by atoms with Gasteiger partial charge < -0.3 is 38.5 Å². The van der Waals surface area contributed by atoms with E-state index in [2.05, 4.69) is 209 Å². The molecular weight excluding hydrogens is 1490 g/mol. The highest BCUT2D eigenvalue weighted by Gasteiger charge is 2.30. The first kappa shape index (κ1) is 81.7. The molecule has 0 spiro atoms. The van der Waals surface area contributed by atoms with Gasteiger partial charge in [-0.25, -0.2) is 40.4 Å². The van der Waals surface area contributed by atoms with Crippen molar-refractivity contribution in [1.82, 2.24) is 0 Å². The third-order valence-electron chi connectivity index (χ3n) is 21.7. The molecule has 0 radical (unpaired) electrons. The van der Waals surface area contributed by atoms with Crippen LogP contribution >= 0.6 is 0 Å². The molecule has 0 aromatic heterocycles. The molecule has 16 nitrogen and oxygen atoms in total. The smallest absolute Gasteiger partial charge is 0.265 e. The second kappa shape index (κ2) is 38.8. The number of nitrogens with zero attached hydrogens (tertiary/aromatic N) is 12. The molecule has 8 aliphatic heterocycles. The van der Waals surface area contributed by atoms with Gasteiger partial charge in [0, 0.05) is 90.9 Å². The number of ether oxygens (including phenoxy) is 4. The molecule has 590 valence electrons. The molecule has 2 unspecified atom stereocenters. The van der Waals surface area contributed by atoms with Gasteiger partial charge in [-0.2, -0.15) is 0 Å². The van der Waals surface area contributed by atoms with Crippen LogP contribution in [0.15, 0.2) is 341 Å². The van der Waals surface area contributed by atoms with Crippen LogP contribution in [0.25, 0.3) is 43.7 Å². The first-order valence-electron chi connectivity index (χ1n) is 40.3.